The van der Waals surface area contributed by atoms with Crippen molar-refractivity contribution in [2.75, 3.05) is 20.1 Å². The molecule has 0 saturated carbocycles. The van der Waals surface area contributed by atoms with Gasteiger partial charge < -0.3 is 4.90 Å². The van der Waals surface area contributed by atoms with Gasteiger partial charge in [0.15, 0.2) is 0 Å². The Kier molecular flexibility index (Phi) is 3.23. The van der Waals surface area contributed by atoms with Crippen LogP contribution in [-0.2, 0) is 0 Å². The van der Waals surface area contributed by atoms with Crippen molar-refractivity contribution in [1.29, 1.82) is 0 Å². The lowest BCUT2D eigenvalue weighted by atomic mass is 9.97. The van der Waals surface area contributed by atoms with Crippen molar-refractivity contribution in [3.63, 3.8) is 0 Å². The van der Waals surface area contributed by atoms with E-state index in [1.165, 1.54) is 45.1 Å². The third kappa shape index (κ3) is 2.44. The molecule has 0 aromatic rings. The fraction of sp³-hybridized carbons (Fsp3) is 1.00. The number of nitrogens with zero attached hydrogens (tertiary/aromatic N) is 2. The molecule has 1 radical (unpaired) electrons. The summed E-state index contributed by atoms with van der Waals surface area (Å²) in [5.74, 6) is 0. The minimum atomic E-state index is 0.694. The van der Waals surface area contributed by atoms with Crippen LogP contribution in [0.3, 0.4) is 0 Å². The van der Waals surface area contributed by atoms with Crippen molar-refractivity contribution in [2.24, 2.45) is 0 Å². The van der Waals surface area contributed by atoms with Crippen LogP contribution < -0.4 is 5.32 Å². The SMILES string of the molecule is CN1CCC[C@H]1CC1CCCC[N]1. The molecule has 2 heteroatoms. The largest absolute Gasteiger partial charge is 0.303 e. The molecule has 13 heavy (non-hydrogen) atoms. The average molecular weight is 181 g/mol. The zero-order valence-electron chi connectivity index (χ0n) is 8.71. The Morgan fingerprint density at radius 1 is 1.23 bits per heavy atom. The van der Waals surface area contributed by atoms with Crippen LogP contribution in [0, 0.1) is 0 Å². The van der Waals surface area contributed by atoms with Gasteiger partial charge in [0, 0.05) is 18.6 Å². The topological polar surface area (TPSA) is 17.3 Å². The van der Waals surface area contributed by atoms with Gasteiger partial charge in [-0.2, -0.15) is 0 Å². The number of piperidine rings is 1. The molecule has 0 aliphatic carbocycles. The highest BCUT2D eigenvalue weighted by Gasteiger charge is 2.25. The molecule has 75 valence electrons. The second kappa shape index (κ2) is 4.43. The number of hydrogen-bond donors (Lipinski definition) is 0. The fourth-order valence-corrected chi connectivity index (χ4v) is 2.64. The molecule has 2 nitrogen and oxygen atoms in total. The van der Waals surface area contributed by atoms with Crippen LogP contribution >= 0.6 is 0 Å². The first kappa shape index (κ1) is 9.47. The van der Waals surface area contributed by atoms with Crippen molar-refractivity contribution in [1.82, 2.24) is 10.2 Å². The Bertz CT molecular complexity index is 152. The molecule has 2 fully saturated rings. The molecule has 0 N–H and O–H groups in total. The van der Waals surface area contributed by atoms with E-state index in [1.54, 1.807) is 0 Å². The molecule has 0 aromatic heterocycles. The standard InChI is InChI=1S/C11H21N2/c1-13-8-4-6-11(13)9-10-5-2-3-7-12-10/h10-11H,2-9H2,1H3/t10?,11-/m0/s1. The molecule has 2 saturated heterocycles. The Morgan fingerprint density at radius 3 is 2.77 bits per heavy atom. The molecule has 0 bridgehead atoms. The molecule has 0 spiro atoms. The lowest BCUT2D eigenvalue weighted by Gasteiger charge is -2.27. The van der Waals surface area contributed by atoms with E-state index in [2.05, 4.69) is 11.9 Å². The van der Waals surface area contributed by atoms with Crippen LogP contribution in [0.5, 0.6) is 0 Å². The monoisotopic (exact) mass is 181 g/mol. The summed E-state index contributed by atoms with van der Waals surface area (Å²) in [5, 5.41) is 4.70. The van der Waals surface area contributed by atoms with Gasteiger partial charge in [-0.1, -0.05) is 6.42 Å². The van der Waals surface area contributed by atoms with Gasteiger partial charge in [-0.3, -0.25) is 0 Å². The number of likely N-dealkylation sites (tertiary alicyclic amines) is 1. The molecule has 0 aromatic carbocycles. The van der Waals surface area contributed by atoms with E-state index in [-0.39, 0.29) is 0 Å². The molecule has 2 rings (SSSR count). The summed E-state index contributed by atoms with van der Waals surface area (Å²) in [4.78, 5) is 2.52. The van der Waals surface area contributed by atoms with E-state index in [0.29, 0.717) is 6.04 Å². The lowest BCUT2D eigenvalue weighted by Crippen LogP contribution is -2.35. The van der Waals surface area contributed by atoms with E-state index in [1.807, 2.05) is 0 Å². The average Bonchev–Trinajstić information content (AvgIpc) is 2.54. The third-order valence-corrected chi connectivity index (χ3v) is 3.55. The summed E-state index contributed by atoms with van der Waals surface area (Å²) >= 11 is 0. The first-order valence-electron chi connectivity index (χ1n) is 5.73. The Hall–Kier alpha value is -0.0800. The minimum Gasteiger partial charge on any atom is -0.303 e. The first-order chi connectivity index (χ1) is 6.36. The number of hydrogen-bond acceptors (Lipinski definition) is 1. The Labute approximate surface area is 81.7 Å². The predicted molar refractivity (Wildman–Crippen MR) is 54.9 cm³/mol. The second-order valence-corrected chi connectivity index (χ2v) is 4.57. The van der Waals surface area contributed by atoms with Crippen molar-refractivity contribution in [3.05, 3.63) is 0 Å². The van der Waals surface area contributed by atoms with Gasteiger partial charge >= 0.3 is 0 Å². The van der Waals surface area contributed by atoms with E-state index in [0.717, 1.165) is 12.6 Å². The molecule has 2 atom stereocenters. The van der Waals surface area contributed by atoms with Gasteiger partial charge in [0.2, 0.25) is 0 Å². The van der Waals surface area contributed by atoms with Gasteiger partial charge in [-0.05, 0) is 45.7 Å². The Balaban J connectivity index is 1.75. The highest BCUT2D eigenvalue weighted by atomic mass is 15.1. The van der Waals surface area contributed by atoms with Crippen LogP contribution in [-0.4, -0.2) is 37.1 Å². The highest BCUT2D eigenvalue weighted by Crippen LogP contribution is 2.22. The second-order valence-electron chi connectivity index (χ2n) is 4.57. The summed E-state index contributed by atoms with van der Waals surface area (Å²) in [6, 6.07) is 1.53. The van der Waals surface area contributed by atoms with Crippen LogP contribution in [0.2, 0.25) is 0 Å². The minimum absolute atomic E-state index is 0.694. The molecule has 0 amide bonds. The maximum absolute atomic E-state index is 4.70. The summed E-state index contributed by atoms with van der Waals surface area (Å²) < 4.78 is 0. The van der Waals surface area contributed by atoms with E-state index < -0.39 is 0 Å². The summed E-state index contributed by atoms with van der Waals surface area (Å²) in [7, 11) is 2.26. The van der Waals surface area contributed by atoms with Crippen LogP contribution in [0.1, 0.15) is 38.5 Å². The van der Waals surface area contributed by atoms with E-state index >= 15 is 0 Å². The molecule has 2 aliphatic heterocycles. The Morgan fingerprint density at radius 2 is 2.15 bits per heavy atom. The van der Waals surface area contributed by atoms with Crippen LogP contribution in [0.4, 0.5) is 0 Å². The summed E-state index contributed by atoms with van der Waals surface area (Å²) in [5.41, 5.74) is 0. The van der Waals surface area contributed by atoms with Gasteiger partial charge in [0.05, 0.1) is 0 Å². The number of rotatable bonds is 2. The first-order valence-corrected chi connectivity index (χ1v) is 5.73. The van der Waals surface area contributed by atoms with Crippen molar-refractivity contribution in [2.45, 2.75) is 50.6 Å². The quantitative estimate of drug-likeness (QED) is 0.633. The maximum Gasteiger partial charge on any atom is 0.0260 e. The zero-order chi connectivity index (χ0) is 9.10. The maximum atomic E-state index is 4.70. The third-order valence-electron chi connectivity index (χ3n) is 3.55. The lowest BCUT2D eigenvalue weighted by molar-refractivity contribution is 0.249. The van der Waals surface area contributed by atoms with Gasteiger partial charge in [0.1, 0.15) is 0 Å². The molecule has 2 aliphatic rings. The predicted octanol–water partition coefficient (Wildman–Crippen LogP) is 1.63. The summed E-state index contributed by atoms with van der Waals surface area (Å²) in [6.07, 6.45) is 8.22. The molecule has 2 heterocycles. The smallest absolute Gasteiger partial charge is 0.0260 e. The van der Waals surface area contributed by atoms with Gasteiger partial charge in [0.25, 0.3) is 0 Å². The van der Waals surface area contributed by atoms with Crippen molar-refractivity contribution < 1.29 is 0 Å². The normalized spacial score (nSPS) is 36.7. The van der Waals surface area contributed by atoms with Gasteiger partial charge in [-0.25, -0.2) is 5.32 Å². The molecular weight excluding hydrogens is 160 g/mol. The van der Waals surface area contributed by atoms with Gasteiger partial charge in [-0.15, -0.1) is 0 Å². The van der Waals surface area contributed by atoms with Crippen LogP contribution in [0.25, 0.3) is 0 Å². The highest BCUT2D eigenvalue weighted by molar-refractivity contribution is 4.83. The summed E-state index contributed by atoms with van der Waals surface area (Å²) in [6.45, 7) is 2.43. The van der Waals surface area contributed by atoms with Crippen molar-refractivity contribution >= 4 is 0 Å². The zero-order valence-corrected chi connectivity index (χ0v) is 8.71. The molecule has 1 unspecified atom stereocenters. The van der Waals surface area contributed by atoms with E-state index in [4.69, 9.17) is 5.32 Å². The fourth-order valence-electron chi connectivity index (χ4n) is 2.64. The van der Waals surface area contributed by atoms with Crippen LogP contribution in [0.15, 0.2) is 0 Å². The molecular formula is C11H21N2. The van der Waals surface area contributed by atoms with Crippen molar-refractivity contribution in [3.8, 4) is 0 Å². The van der Waals surface area contributed by atoms with E-state index in [9.17, 15) is 0 Å².